The zero-order valence-electron chi connectivity index (χ0n) is 20.8. The highest BCUT2D eigenvalue weighted by atomic mass is 16.5. The summed E-state index contributed by atoms with van der Waals surface area (Å²) in [4.78, 5) is 41.8. The number of carbonyl (C=O) groups excluding carboxylic acids is 3. The zero-order valence-corrected chi connectivity index (χ0v) is 20.8. The van der Waals surface area contributed by atoms with Gasteiger partial charge in [-0.1, -0.05) is 12.1 Å². The SMILES string of the molecule is COCCCC(=O)c1ccc(C)c(NC(=O)N2CCN(C(=O)c3ccc(OC)cc3OC)CC2)c1. The predicted octanol–water partition coefficient (Wildman–Crippen LogP) is 3.61. The molecule has 1 fully saturated rings. The molecule has 0 atom stereocenters. The van der Waals surface area contributed by atoms with E-state index in [1.165, 1.54) is 7.11 Å². The van der Waals surface area contributed by atoms with Crippen LogP contribution >= 0.6 is 0 Å². The number of nitrogens with one attached hydrogen (secondary N) is 1. The van der Waals surface area contributed by atoms with Crippen LogP contribution in [-0.4, -0.2) is 81.6 Å². The highest BCUT2D eigenvalue weighted by Crippen LogP contribution is 2.26. The van der Waals surface area contributed by atoms with Gasteiger partial charge in [-0.05, 0) is 37.1 Å². The number of ketones is 1. The van der Waals surface area contributed by atoms with Crippen molar-refractivity contribution < 1.29 is 28.6 Å². The summed E-state index contributed by atoms with van der Waals surface area (Å²) in [6, 6.07) is 10.2. The van der Waals surface area contributed by atoms with Crippen molar-refractivity contribution in [3.8, 4) is 11.5 Å². The van der Waals surface area contributed by atoms with Crippen LogP contribution in [0.25, 0.3) is 0 Å². The second kappa shape index (κ2) is 12.2. The van der Waals surface area contributed by atoms with Crippen LogP contribution in [0.15, 0.2) is 36.4 Å². The first kappa shape index (κ1) is 26.0. The Morgan fingerprint density at radius 2 is 1.63 bits per heavy atom. The lowest BCUT2D eigenvalue weighted by Crippen LogP contribution is -2.51. The Kier molecular flexibility index (Phi) is 9.08. The standard InChI is InChI=1S/C26H33N3O6/c1-18-7-8-19(23(30)6-5-15-33-2)16-22(18)27-26(32)29-13-11-28(12-14-29)25(31)21-10-9-20(34-3)17-24(21)35-4/h7-10,16-17H,5-6,11-15H2,1-4H3,(H,27,32). The molecular weight excluding hydrogens is 450 g/mol. The zero-order chi connectivity index (χ0) is 25.4. The minimum atomic E-state index is -0.258. The van der Waals surface area contributed by atoms with E-state index < -0.39 is 0 Å². The van der Waals surface area contributed by atoms with E-state index in [9.17, 15) is 14.4 Å². The van der Waals surface area contributed by atoms with E-state index in [1.54, 1.807) is 54.4 Å². The van der Waals surface area contributed by atoms with Gasteiger partial charge in [-0.15, -0.1) is 0 Å². The molecule has 0 unspecified atom stereocenters. The van der Waals surface area contributed by atoms with Crippen LogP contribution in [0.2, 0.25) is 0 Å². The number of carbonyl (C=O) groups is 3. The molecular formula is C26H33N3O6. The van der Waals surface area contributed by atoms with Crippen LogP contribution in [-0.2, 0) is 4.74 Å². The van der Waals surface area contributed by atoms with Gasteiger partial charge in [0.15, 0.2) is 5.78 Å². The van der Waals surface area contributed by atoms with Crippen molar-refractivity contribution in [1.29, 1.82) is 0 Å². The monoisotopic (exact) mass is 483 g/mol. The van der Waals surface area contributed by atoms with E-state index in [-0.39, 0.29) is 17.7 Å². The number of amides is 3. The molecule has 1 saturated heterocycles. The minimum absolute atomic E-state index is 0.0126. The lowest BCUT2D eigenvalue weighted by Gasteiger charge is -2.35. The molecule has 1 aliphatic heterocycles. The summed E-state index contributed by atoms with van der Waals surface area (Å²) < 4.78 is 15.6. The summed E-state index contributed by atoms with van der Waals surface area (Å²) in [6.07, 6.45) is 1.04. The van der Waals surface area contributed by atoms with Crippen molar-refractivity contribution >= 4 is 23.4 Å². The van der Waals surface area contributed by atoms with Gasteiger partial charge in [-0.3, -0.25) is 9.59 Å². The van der Waals surface area contributed by atoms with Crippen molar-refractivity contribution in [3.63, 3.8) is 0 Å². The fourth-order valence-corrected chi connectivity index (χ4v) is 3.90. The second-order valence-corrected chi connectivity index (χ2v) is 8.32. The van der Waals surface area contributed by atoms with Gasteiger partial charge in [0.05, 0.1) is 19.8 Å². The van der Waals surface area contributed by atoms with Crippen LogP contribution in [0.1, 0.15) is 39.1 Å². The molecule has 3 rings (SSSR count). The molecule has 35 heavy (non-hydrogen) atoms. The Morgan fingerprint density at radius 1 is 0.914 bits per heavy atom. The van der Waals surface area contributed by atoms with Gasteiger partial charge in [0.1, 0.15) is 11.5 Å². The van der Waals surface area contributed by atoms with Crippen molar-refractivity contribution in [2.45, 2.75) is 19.8 Å². The Labute approximate surface area is 205 Å². The van der Waals surface area contributed by atoms with E-state index in [0.29, 0.717) is 73.9 Å². The van der Waals surface area contributed by atoms with E-state index in [0.717, 1.165) is 5.56 Å². The van der Waals surface area contributed by atoms with E-state index in [4.69, 9.17) is 14.2 Å². The molecule has 2 aromatic carbocycles. The third-order valence-corrected chi connectivity index (χ3v) is 6.05. The second-order valence-electron chi connectivity index (χ2n) is 8.32. The molecule has 0 radical (unpaired) electrons. The minimum Gasteiger partial charge on any atom is -0.497 e. The number of aryl methyl sites for hydroxylation is 1. The maximum absolute atomic E-state index is 13.0. The van der Waals surface area contributed by atoms with E-state index in [2.05, 4.69) is 5.32 Å². The molecule has 0 spiro atoms. The van der Waals surface area contributed by atoms with Crippen LogP contribution in [0.4, 0.5) is 10.5 Å². The van der Waals surface area contributed by atoms with E-state index in [1.807, 2.05) is 13.0 Å². The van der Waals surface area contributed by atoms with Crippen LogP contribution in [0, 0.1) is 6.92 Å². The number of Topliss-reactive ketones (excluding diaryl/α,β-unsaturated/α-hetero) is 1. The molecule has 1 heterocycles. The number of methoxy groups -OCH3 is 3. The van der Waals surface area contributed by atoms with Gasteiger partial charge in [-0.25, -0.2) is 4.79 Å². The summed E-state index contributed by atoms with van der Waals surface area (Å²) in [7, 11) is 4.67. The fraction of sp³-hybridized carbons (Fsp3) is 0.423. The number of piperazine rings is 1. The highest BCUT2D eigenvalue weighted by Gasteiger charge is 2.27. The number of anilines is 1. The van der Waals surface area contributed by atoms with Crippen LogP contribution in [0.3, 0.4) is 0 Å². The van der Waals surface area contributed by atoms with Gasteiger partial charge >= 0.3 is 6.03 Å². The lowest BCUT2D eigenvalue weighted by atomic mass is 10.0. The molecule has 188 valence electrons. The van der Waals surface area contributed by atoms with Gasteiger partial charge in [0, 0.05) is 63.6 Å². The Morgan fingerprint density at radius 3 is 2.29 bits per heavy atom. The van der Waals surface area contributed by atoms with E-state index >= 15 is 0 Å². The number of nitrogens with zero attached hydrogens (tertiary/aromatic N) is 2. The van der Waals surface area contributed by atoms with Gasteiger partial charge in [0.25, 0.3) is 5.91 Å². The maximum Gasteiger partial charge on any atom is 0.321 e. The topological polar surface area (TPSA) is 97.4 Å². The van der Waals surface area contributed by atoms with Crippen LogP contribution in [0.5, 0.6) is 11.5 Å². The number of hydrogen-bond donors (Lipinski definition) is 1. The van der Waals surface area contributed by atoms with Gasteiger partial charge < -0.3 is 29.3 Å². The Hall–Kier alpha value is -3.59. The summed E-state index contributed by atoms with van der Waals surface area (Å²) in [5, 5.41) is 2.92. The number of hydrogen-bond acceptors (Lipinski definition) is 6. The molecule has 0 saturated carbocycles. The lowest BCUT2D eigenvalue weighted by molar-refractivity contribution is 0.0668. The first-order valence-electron chi connectivity index (χ1n) is 11.6. The summed E-state index contributed by atoms with van der Waals surface area (Å²) in [5.74, 6) is 0.913. The normalized spacial score (nSPS) is 13.4. The smallest absolute Gasteiger partial charge is 0.321 e. The number of urea groups is 1. The maximum atomic E-state index is 13.0. The fourth-order valence-electron chi connectivity index (χ4n) is 3.90. The van der Waals surface area contributed by atoms with Crippen molar-refractivity contribution in [3.05, 3.63) is 53.1 Å². The van der Waals surface area contributed by atoms with Gasteiger partial charge in [0.2, 0.25) is 0 Å². The van der Waals surface area contributed by atoms with Crippen LogP contribution < -0.4 is 14.8 Å². The van der Waals surface area contributed by atoms with Crippen molar-refractivity contribution in [1.82, 2.24) is 9.80 Å². The van der Waals surface area contributed by atoms with Crippen molar-refractivity contribution in [2.75, 3.05) is 59.4 Å². The third kappa shape index (κ3) is 6.51. The quantitative estimate of drug-likeness (QED) is 0.432. The molecule has 1 aliphatic rings. The molecule has 2 aromatic rings. The van der Waals surface area contributed by atoms with Crippen molar-refractivity contribution in [2.24, 2.45) is 0 Å². The molecule has 0 aromatic heterocycles. The molecule has 9 nitrogen and oxygen atoms in total. The molecule has 0 bridgehead atoms. The third-order valence-electron chi connectivity index (χ3n) is 6.05. The Bertz CT molecular complexity index is 1060. The summed E-state index contributed by atoms with van der Waals surface area (Å²) in [5.41, 5.74) is 2.49. The summed E-state index contributed by atoms with van der Waals surface area (Å²) in [6.45, 7) is 4.00. The number of ether oxygens (including phenoxy) is 3. The molecule has 1 N–H and O–H groups in total. The average molecular weight is 484 g/mol. The number of benzene rings is 2. The predicted molar refractivity (Wildman–Crippen MR) is 133 cm³/mol. The van der Waals surface area contributed by atoms with Gasteiger partial charge in [-0.2, -0.15) is 0 Å². The number of rotatable bonds is 9. The Balaban J connectivity index is 1.59. The average Bonchev–Trinajstić information content (AvgIpc) is 2.89. The highest BCUT2D eigenvalue weighted by molar-refractivity contribution is 5.99. The first-order chi connectivity index (χ1) is 16.9. The largest absolute Gasteiger partial charge is 0.497 e. The molecule has 3 amide bonds. The molecule has 0 aliphatic carbocycles. The molecule has 9 heteroatoms. The summed E-state index contributed by atoms with van der Waals surface area (Å²) >= 11 is 0. The first-order valence-corrected chi connectivity index (χ1v) is 11.6.